The van der Waals surface area contributed by atoms with E-state index >= 15 is 0 Å². The topological polar surface area (TPSA) is 59.3 Å². The maximum absolute atomic E-state index is 12.9. The fourth-order valence-electron chi connectivity index (χ4n) is 3.18. The highest BCUT2D eigenvalue weighted by Crippen LogP contribution is 2.28. The second kappa shape index (κ2) is 7.64. The molecule has 1 amide bonds. The number of aromatic nitrogens is 3. The molecular formula is C22H22N4OS. The molecule has 2 aromatic carbocycles. The summed E-state index contributed by atoms with van der Waals surface area (Å²) in [6.07, 6.45) is 0.695. The molecule has 142 valence electrons. The molecule has 0 saturated heterocycles. The number of aryl methyl sites for hydroxylation is 2. The summed E-state index contributed by atoms with van der Waals surface area (Å²) in [7, 11) is 0. The Balaban J connectivity index is 1.62. The van der Waals surface area contributed by atoms with Crippen LogP contribution in [0.2, 0.25) is 0 Å². The number of thioether (sulfide) groups is 1. The highest BCUT2D eigenvalue weighted by molar-refractivity contribution is 8.00. The average Bonchev–Trinajstić information content (AvgIpc) is 3.12. The molecule has 1 N–H and O–H groups in total. The zero-order chi connectivity index (χ0) is 19.7. The number of carbonyl (C=O) groups is 1. The third-order valence-corrected chi connectivity index (χ3v) is 6.24. The number of benzene rings is 2. The molecule has 2 heterocycles. The van der Waals surface area contributed by atoms with Crippen molar-refractivity contribution in [3.8, 4) is 0 Å². The first-order chi connectivity index (χ1) is 13.6. The molecule has 1 unspecified atom stereocenters. The number of fused-ring (bicyclic) bond motifs is 3. The predicted octanol–water partition coefficient (Wildman–Crippen LogP) is 5.01. The van der Waals surface area contributed by atoms with Crippen molar-refractivity contribution in [2.45, 2.75) is 37.6 Å². The molecule has 0 spiro atoms. The molecule has 0 aliphatic heterocycles. The Labute approximate surface area is 168 Å². The number of nitrogens with one attached hydrogen (secondary N) is 1. The first kappa shape index (κ1) is 18.5. The number of pyridine rings is 1. The van der Waals surface area contributed by atoms with Crippen LogP contribution in [0.25, 0.3) is 16.6 Å². The molecule has 1 atom stereocenters. The summed E-state index contributed by atoms with van der Waals surface area (Å²) in [6, 6.07) is 18.1. The lowest BCUT2D eigenvalue weighted by Crippen LogP contribution is -2.25. The second-order valence-corrected chi connectivity index (χ2v) is 8.04. The molecule has 0 fully saturated rings. The maximum Gasteiger partial charge on any atom is 0.237 e. The fourth-order valence-corrected chi connectivity index (χ4v) is 4.15. The van der Waals surface area contributed by atoms with E-state index < -0.39 is 0 Å². The molecule has 0 saturated carbocycles. The summed E-state index contributed by atoms with van der Waals surface area (Å²) in [6.45, 7) is 6.12. The summed E-state index contributed by atoms with van der Waals surface area (Å²) in [4.78, 5) is 12.9. The van der Waals surface area contributed by atoms with Gasteiger partial charge < -0.3 is 5.32 Å². The summed E-state index contributed by atoms with van der Waals surface area (Å²) in [5, 5.41) is 13.3. The van der Waals surface area contributed by atoms with Gasteiger partial charge in [0.05, 0.1) is 10.8 Å². The van der Waals surface area contributed by atoms with E-state index in [-0.39, 0.29) is 11.2 Å². The minimum atomic E-state index is -0.257. The molecule has 28 heavy (non-hydrogen) atoms. The number of carbonyl (C=O) groups excluding carboxylic acids is 1. The number of nitrogens with zero attached hydrogens (tertiary/aromatic N) is 3. The number of anilines is 1. The van der Waals surface area contributed by atoms with Crippen molar-refractivity contribution in [3.63, 3.8) is 0 Å². The van der Waals surface area contributed by atoms with Crippen LogP contribution in [0.15, 0.2) is 59.8 Å². The minimum absolute atomic E-state index is 0.0206. The van der Waals surface area contributed by atoms with Gasteiger partial charge in [0, 0.05) is 5.69 Å². The Morgan fingerprint density at radius 2 is 1.89 bits per heavy atom. The number of hydrogen-bond acceptors (Lipinski definition) is 4. The fraction of sp³-hybridized carbons (Fsp3) is 0.227. The Hall–Kier alpha value is -2.86. The van der Waals surface area contributed by atoms with Crippen LogP contribution >= 0.6 is 11.8 Å². The normalized spacial score (nSPS) is 12.4. The largest absolute Gasteiger partial charge is 0.325 e. The number of amides is 1. The molecule has 0 aliphatic carbocycles. The standard InChI is InChI=1S/C22H22N4OS/c1-4-19(21(27)23-17-11-9-14(2)15(3)13-17)28-22-25-24-20-12-10-16-7-5-6-8-18(16)26(20)22/h5-13,19H,4H2,1-3H3,(H,23,27). The lowest BCUT2D eigenvalue weighted by Gasteiger charge is -2.15. The van der Waals surface area contributed by atoms with Gasteiger partial charge in [-0.1, -0.05) is 43.0 Å². The van der Waals surface area contributed by atoms with Gasteiger partial charge in [0.25, 0.3) is 0 Å². The molecule has 4 aromatic rings. The van der Waals surface area contributed by atoms with Gasteiger partial charge in [-0.3, -0.25) is 9.20 Å². The number of hydrogen-bond donors (Lipinski definition) is 1. The Kier molecular flexibility index (Phi) is 5.05. The van der Waals surface area contributed by atoms with Crippen LogP contribution in [0.3, 0.4) is 0 Å². The average molecular weight is 391 g/mol. The van der Waals surface area contributed by atoms with Crippen LogP contribution in [0.5, 0.6) is 0 Å². The van der Waals surface area contributed by atoms with E-state index in [0.717, 1.165) is 33.0 Å². The van der Waals surface area contributed by atoms with Gasteiger partial charge in [-0.25, -0.2) is 0 Å². The van der Waals surface area contributed by atoms with Gasteiger partial charge in [0.15, 0.2) is 10.8 Å². The van der Waals surface area contributed by atoms with Gasteiger partial charge in [0.1, 0.15) is 0 Å². The van der Waals surface area contributed by atoms with Crippen LogP contribution < -0.4 is 5.32 Å². The van der Waals surface area contributed by atoms with E-state index in [1.165, 1.54) is 17.3 Å². The van der Waals surface area contributed by atoms with Crippen LogP contribution in [-0.4, -0.2) is 25.8 Å². The SMILES string of the molecule is CCC(Sc1nnc2ccc3ccccc3n12)C(=O)Nc1ccc(C)c(C)c1. The van der Waals surface area contributed by atoms with E-state index in [1.807, 2.05) is 66.8 Å². The van der Waals surface area contributed by atoms with Gasteiger partial charge in [-0.05, 0) is 67.1 Å². The zero-order valence-corrected chi connectivity index (χ0v) is 17.0. The van der Waals surface area contributed by atoms with Crippen LogP contribution in [0, 0.1) is 13.8 Å². The lowest BCUT2D eigenvalue weighted by atomic mass is 10.1. The first-order valence-electron chi connectivity index (χ1n) is 9.34. The Morgan fingerprint density at radius 3 is 2.68 bits per heavy atom. The number of rotatable bonds is 5. The number of para-hydroxylation sites is 1. The smallest absolute Gasteiger partial charge is 0.237 e. The third-order valence-electron chi connectivity index (χ3n) is 4.93. The van der Waals surface area contributed by atoms with Crippen LogP contribution in [-0.2, 0) is 4.79 Å². The van der Waals surface area contributed by atoms with Gasteiger partial charge in [-0.15, -0.1) is 10.2 Å². The Bertz CT molecular complexity index is 1170. The van der Waals surface area contributed by atoms with Crippen LogP contribution in [0.4, 0.5) is 5.69 Å². The van der Waals surface area contributed by atoms with E-state index in [2.05, 4.69) is 28.5 Å². The van der Waals surface area contributed by atoms with Crippen molar-refractivity contribution in [1.29, 1.82) is 0 Å². The summed E-state index contributed by atoms with van der Waals surface area (Å²) < 4.78 is 2.02. The molecule has 6 heteroatoms. The van der Waals surface area contributed by atoms with Crippen molar-refractivity contribution >= 4 is 39.9 Å². The molecule has 4 rings (SSSR count). The van der Waals surface area contributed by atoms with Crippen molar-refractivity contribution in [2.24, 2.45) is 0 Å². The molecular weight excluding hydrogens is 368 g/mol. The van der Waals surface area contributed by atoms with E-state index in [4.69, 9.17) is 0 Å². The second-order valence-electron chi connectivity index (χ2n) is 6.87. The molecule has 5 nitrogen and oxygen atoms in total. The van der Waals surface area contributed by atoms with Crippen molar-refractivity contribution in [2.75, 3.05) is 5.32 Å². The highest BCUT2D eigenvalue weighted by atomic mass is 32.2. The van der Waals surface area contributed by atoms with Gasteiger partial charge in [-0.2, -0.15) is 0 Å². The van der Waals surface area contributed by atoms with Crippen molar-refractivity contribution < 1.29 is 4.79 Å². The summed E-state index contributed by atoms with van der Waals surface area (Å²) in [5.41, 5.74) is 5.01. The molecule has 0 aliphatic rings. The predicted molar refractivity (Wildman–Crippen MR) is 115 cm³/mol. The van der Waals surface area contributed by atoms with Gasteiger partial charge >= 0.3 is 0 Å². The molecule has 2 aromatic heterocycles. The monoisotopic (exact) mass is 390 g/mol. The van der Waals surface area contributed by atoms with Crippen LogP contribution in [0.1, 0.15) is 24.5 Å². The summed E-state index contributed by atoms with van der Waals surface area (Å²) >= 11 is 1.45. The van der Waals surface area contributed by atoms with Gasteiger partial charge in [0.2, 0.25) is 5.91 Å². The highest BCUT2D eigenvalue weighted by Gasteiger charge is 2.22. The Morgan fingerprint density at radius 1 is 1.07 bits per heavy atom. The quantitative estimate of drug-likeness (QED) is 0.487. The first-order valence-corrected chi connectivity index (χ1v) is 10.2. The molecule has 0 radical (unpaired) electrons. The van der Waals surface area contributed by atoms with Crippen molar-refractivity contribution in [3.05, 3.63) is 65.7 Å². The third kappa shape index (κ3) is 3.47. The van der Waals surface area contributed by atoms with Crippen molar-refractivity contribution in [1.82, 2.24) is 14.6 Å². The maximum atomic E-state index is 12.9. The summed E-state index contributed by atoms with van der Waals surface area (Å²) in [5.74, 6) is -0.0206. The minimum Gasteiger partial charge on any atom is -0.325 e. The van der Waals surface area contributed by atoms with E-state index in [1.54, 1.807) is 0 Å². The molecule has 0 bridgehead atoms. The van der Waals surface area contributed by atoms with E-state index in [9.17, 15) is 4.79 Å². The lowest BCUT2D eigenvalue weighted by molar-refractivity contribution is -0.115. The zero-order valence-electron chi connectivity index (χ0n) is 16.1. The van der Waals surface area contributed by atoms with E-state index in [0.29, 0.717) is 6.42 Å².